The highest BCUT2D eigenvalue weighted by molar-refractivity contribution is 6.06. The number of hydrogen-bond acceptors (Lipinski definition) is 3. The van der Waals surface area contributed by atoms with E-state index in [1.165, 1.54) is 11.3 Å². The normalized spacial score (nSPS) is 12.3. The third-order valence-electron chi connectivity index (χ3n) is 4.61. The Morgan fingerprint density at radius 3 is 2.38 bits per heavy atom. The summed E-state index contributed by atoms with van der Waals surface area (Å²) >= 11 is 0. The molecule has 126 valence electrons. The predicted molar refractivity (Wildman–Crippen MR) is 103 cm³/mol. The van der Waals surface area contributed by atoms with Gasteiger partial charge in [0, 0.05) is 17.8 Å². The molecule has 0 saturated carbocycles. The number of nitrogens with one attached hydrogen (secondary N) is 1. The van der Waals surface area contributed by atoms with Crippen molar-refractivity contribution in [2.24, 2.45) is 0 Å². The molecule has 0 spiro atoms. The first-order chi connectivity index (χ1) is 12.8. The van der Waals surface area contributed by atoms with E-state index in [1.807, 2.05) is 30.3 Å². The Balaban J connectivity index is 1.62. The number of carbonyl (C=O) groups excluding carboxylic acids is 1. The van der Waals surface area contributed by atoms with Gasteiger partial charge >= 0.3 is 0 Å². The maximum Gasteiger partial charge on any atom is 0.255 e. The van der Waals surface area contributed by atoms with Gasteiger partial charge in [-0.15, -0.1) is 0 Å². The largest absolute Gasteiger partial charge is 0.339 e. The van der Waals surface area contributed by atoms with Gasteiger partial charge < -0.3 is 10.2 Å². The van der Waals surface area contributed by atoms with Gasteiger partial charge in [0.1, 0.15) is 0 Å². The molecule has 3 aromatic rings. The number of amides is 1. The first kappa shape index (κ1) is 15.9. The summed E-state index contributed by atoms with van der Waals surface area (Å²) in [5, 5.41) is 11.9. The molecule has 1 N–H and O–H groups in total. The van der Waals surface area contributed by atoms with Gasteiger partial charge in [-0.25, -0.2) is 0 Å². The van der Waals surface area contributed by atoms with E-state index in [-0.39, 0.29) is 5.91 Å². The number of nitrogens with zero attached hydrogens (tertiary/aromatic N) is 2. The second kappa shape index (κ2) is 6.73. The van der Waals surface area contributed by atoms with Crippen LogP contribution in [0.3, 0.4) is 0 Å². The van der Waals surface area contributed by atoms with Crippen LogP contribution in [0.15, 0.2) is 72.8 Å². The molecule has 1 amide bonds. The van der Waals surface area contributed by atoms with E-state index < -0.39 is 0 Å². The molecular formula is C22H17N3O. The third-order valence-corrected chi connectivity index (χ3v) is 4.61. The highest BCUT2D eigenvalue weighted by Gasteiger charge is 2.22. The maximum atomic E-state index is 12.6. The van der Waals surface area contributed by atoms with Crippen LogP contribution in [-0.4, -0.2) is 12.5 Å². The number of hydrogen-bond donors (Lipinski definition) is 1. The molecule has 0 aromatic heterocycles. The lowest BCUT2D eigenvalue weighted by Crippen LogP contribution is -2.18. The molecule has 0 unspecified atom stereocenters. The number of fused-ring (bicyclic) bond motifs is 1. The zero-order chi connectivity index (χ0) is 17.9. The number of nitriles is 1. The predicted octanol–water partition coefficient (Wildman–Crippen LogP) is 4.50. The van der Waals surface area contributed by atoms with Crippen molar-refractivity contribution in [3.8, 4) is 6.07 Å². The Kier molecular flexibility index (Phi) is 4.12. The fraction of sp³-hybridized carbons (Fsp3) is 0.0909. The molecule has 0 fully saturated rings. The third kappa shape index (κ3) is 2.91. The minimum absolute atomic E-state index is 0.186. The molecule has 4 nitrogen and oxygen atoms in total. The highest BCUT2D eigenvalue weighted by atomic mass is 16.1. The minimum Gasteiger partial charge on any atom is -0.339 e. The first-order valence-corrected chi connectivity index (χ1v) is 8.52. The Labute approximate surface area is 152 Å². The van der Waals surface area contributed by atoms with Crippen LogP contribution in [0, 0.1) is 11.3 Å². The standard InChI is InChI=1S/C22H17N3O/c23-15-16-9-11-18(12-10-16)22(26)24-19-6-2-4-8-21(19)25-14-13-17-5-1-3-7-20(17)25/h1-12H,13-14H2,(H,24,26). The molecule has 0 saturated heterocycles. The SMILES string of the molecule is N#Cc1ccc(C(=O)Nc2ccccc2N2CCc3ccccc32)cc1. The molecule has 1 aliphatic heterocycles. The first-order valence-electron chi connectivity index (χ1n) is 8.52. The minimum atomic E-state index is -0.186. The Morgan fingerprint density at radius 2 is 1.62 bits per heavy atom. The van der Waals surface area contributed by atoms with Gasteiger partial charge in [-0.3, -0.25) is 4.79 Å². The molecular weight excluding hydrogens is 322 g/mol. The van der Waals surface area contributed by atoms with Crippen molar-refractivity contribution in [2.75, 3.05) is 16.8 Å². The average Bonchev–Trinajstić information content (AvgIpc) is 3.12. The van der Waals surface area contributed by atoms with Gasteiger partial charge in [-0.05, 0) is 54.4 Å². The Bertz CT molecular complexity index is 1000. The Hall–Kier alpha value is -3.58. The lowest BCUT2D eigenvalue weighted by atomic mass is 10.1. The van der Waals surface area contributed by atoms with Crippen LogP contribution in [0.25, 0.3) is 0 Å². The van der Waals surface area contributed by atoms with Crippen molar-refractivity contribution in [3.05, 3.63) is 89.5 Å². The summed E-state index contributed by atoms with van der Waals surface area (Å²) < 4.78 is 0. The fourth-order valence-corrected chi connectivity index (χ4v) is 3.29. The monoisotopic (exact) mass is 339 g/mol. The van der Waals surface area contributed by atoms with Crippen molar-refractivity contribution >= 4 is 23.0 Å². The molecule has 0 atom stereocenters. The van der Waals surface area contributed by atoms with E-state index >= 15 is 0 Å². The molecule has 0 bridgehead atoms. The van der Waals surface area contributed by atoms with E-state index in [0.717, 1.165) is 24.3 Å². The number of benzene rings is 3. The van der Waals surface area contributed by atoms with Gasteiger partial charge in [0.2, 0.25) is 0 Å². The van der Waals surface area contributed by atoms with Crippen molar-refractivity contribution < 1.29 is 4.79 Å². The summed E-state index contributed by atoms with van der Waals surface area (Å²) in [7, 11) is 0. The summed E-state index contributed by atoms with van der Waals surface area (Å²) in [6, 6.07) is 24.9. The zero-order valence-electron chi connectivity index (χ0n) is 14.1. The van der Waals surface area contributed by atoms with Gasteiger partial charge in [0.25, 0.3) is 5.91 Å². The van der Waals surface area contributed by atoms with Gasteiger partial charge in [-0.2, -0.15) is 5.26 Å². The van der Waals surface area contributed by atoms with E-state index in [0.29, 0.717) is 11.1 Å². The van der Waals surface area contributed by atoms with Crippen molar-refractivity contribution in [2.45, 2.75) is 6.42 Å². The Morgan fingerprint density at radius 1 is 0.923 bits per heavy atom. The van der Waals surface area contributed by atoms with E-state index in [4.69, 9.17) is 5.26 Å². The summed E-state index contributed by atoms with van der Waals surface area (Å²) in [4.78, 5) is 14.9. The topological polar surface area (TPSA) is 56.1 Å². The van der Waals surface area contributed by atoms with Crippen LogP contribution < -0.4 is 10.2 Å². The lowest BCUT2D eigenvalue weighted by molar-refractivity contribution is 0.102. The molecule has 4 rings (SSSR count). The summed E-state index contributed by atoms with van der Waals surface area (Å²) in [6.45, 7) is 0.892. The van der Waals surface area contributed by atoms with Crippen LogP contribution in [0.2, 0.25) is 0 Å². The number of para-hydroxylation sites is 3. The second-order valence-electron chi connectivity index (χ2n) is 6.19. The van der Waals surface area contributed by atoms with Crippen molar-refractivity contribution in [1.29, 1.82) is 5.26 Å². The quantitative estimate of drug-likeness (QED) is 0.764. The van der Waals surface area contributed by atoms with E-state index in [2.05, 4.69) is 34.5 Å². The maximum absolute atomic E-state index is 12.6. The number of carbonyl (C=O) groups is 1. The zero-order valence-corrected chi connectivity index (χ0v) is 14.1. The summed E-state index contributed by atoms with van der Waals surface area (Å²) in [5.74, 6) is -0.186. The fourth-order valence-electron chi connectivity index (χ4n) is 3.29. The molecule has 0 aliphatic carbocycles. The number of anilines is 3. The van der Waals surface area contributed by atoms with E-state index in [9.17, 15) is 4.79 Å². The van der Waals surface area contributed by atoms with Gasteiger partial charge in [-0.1, -0.05) is 30.3 Å². The van der Waals surface area contributed by atoms with Crippen LogP contribution in [0.4, 0.5) is 17.1 Å². The van der Waals surface area contributed by atoms with Gasteiger partial charge in [0.05, 0.1) is 23.0 Å². The lowest BCUT2D eigenvalue weighted by Gasteiger charge is -2.23. The van der Waals surface area contributed by atoms with Crippen molar-refractivity contribution in [1.82, 2.24) is 0 Å². The second-order valence-corrected chi connectivity index (χ2v) is 6.19. The molecule has 1 aliphatic rings. The van der Waals surface area contributed by atoms with E-state index in [1.54, 1.807) is 24.3 Å². The molecule has 4 heteroatoms. The number of rotatable bonds is 3. The van der Waals surface area contributed by atoms with Crippen LogP contribution in [0.1, 0.15) is 21.5 Å². The van der Waals surface area contributed by atoms with Crippen LogP contribution in [-0.2, 0) is 6.42 Å². The van der Waals surface area contributed by atoms with Crippen molar-refractivity contribution in [3.63, 3.8) is 0 Å². The molecule has 1 heterocycles. The summed E-state index contributed by atoms with van der Waals surface area (Å²) in [5.41, 5.74) is 5.34. The van der Waals surface area contributed by atoms with Crippen LogP contribution in [0.5, 0.6) is 0 Å². The smallest absolute Gasteiger partial charge is 0.255 e. The highest BCUT2D eigenvalue weighted by Crippen LogP contribution is 2.38. The van der Waals surface area contributed by atoms with Crippen LogP contribution >= 0.6 is 0 Å². The molecule has 26 heavy (non-hydrogen) atoms. The molecule has 0 radical (unpaired) electrons. The van der Waals surface area contributed by atoms with Gasteiger partial charge in [0.15, 0.2) is 0 Å². The molecule has 3 aromatic carbocycles. The average molecular weight is 339 g/mol. The summed E-state index contributed by atoms with van der Waals surface area (Å²) in [6.07, 6.45) is 0.994.